The first-order valence-electron chi connectivity index (χ1n) is 5.19. The van der Waals surface area contributed by atoms with Crippen LogP contribution in [0, 0.1) is 0 Å². The first-order chi connectivity index (χ1) is 8.59. The highest BCUT2D eigenvalue weighted by Gasteiger charge is 2.09. The molecule has 0 amide bonds. The van der Waals surface area contributed by atoms with E-state index in [2.05, 4.69) is 0 Å². The summed E-state index contributed by atoms with van der Waals surface area (Å²) in [7, 11) is 0. The van der Waals surface area contributed by atoms with Gasteiger partial charge in [0.1, 0.15) is 17.4 Å². The Labute approximate surface area is 120 Å². The minimum Gasteiger partial charge on any atom is -0.487 e. The highest BCUT2D eigenvalue weighted by atomic mass is 35.5. The van der Waals surface area contributed by atoms with E-state index in [4.69, 9.17) is 45.3 Å². The summed E-state index contributed by atoms with van der Waals surface area (Å²) in [5.41, 5.74) is 7.15. The van der Waals surface area contributed by atoms with E-state index in [-0.39, 0.29) is 6.61 Å². The van der Waals surface area contributed by atoms with Gasteiger partial charge in [-0.25, -0.2) is 0 Å². The number of rotatable bonds is 3. The van der Waals surface area contributed by atoms with E-state index in [1.54, 1.807) is 36.4 Å². The van der Waals surface area contributed by atoms with Gasteiger partial charge in [-0.1, -0.05) is 46.9 Å². The summed E-state index contributed by atoms with van der Waals surface area (Å²) in [5.74, 6) is 0.503. The van der Waals surface area contributed by atoms with Gasteiger partial charge in [0.2, 0.25) is 0 Å². The molecule has 0 aliphatic rings. The van der Waals surface area contributed by atoms with Crippen LogP contribution in [0.1, 0.15) is 5.56 Å². The molecule has 2 aromatic rings. The smallest absolute Gasteiger partial charge is 0.139 e. The summed E-state index contributed by atoms with van der Waals surface area (Å²) >= 11 is 18.0. The van der Waals surface area contributed by atoms with Crippen molar-refractivity contribution in [1.82, 2.24) is 0 Å². The predicted molar refractivity (Wildman–Crippen MR) is 76.7 cm³/mol. The number of halogens is 3. The van der Waals surface area contributed by atoms with Crippen LogP contribution in [-0.4, -0.2) is 0 Å². The van der Waals surface area contributed by atoms with Crippen LogP contribution < -0.4 is 10.5 Å². The second-order valence-electron chi connectivity index (χ2n) is 3.65. The molecule has 0 atom stereocenters. The lowest BCUT2D eigenvalue weighted by molar-refractivity contribution is 0.307. The third-order valence-electron chi connectivity index (χ3n) is 2.44. The molecule has 2 N–H and O–H groups in total. The topological polar surface area (TPSA) is 35.2 Å². The van der Waals surface area contributed by atoms with Gasteiger partial charge in [0.05, 0.1) is 5.02 Å². The van der Waals surface area contributed by atoms with Crippen molar-refractivity contribution in [2.24, 2.45) is 0 Å². The van der Waals surface area contributed by atoms with E-state index in [0.717, 1.165) is 5.56 Å². The SMILES string of the molecule is Nc1cccc(Cl)c1COc1cccc(Cl)c1Cl. The fraction of sp³-hybridized carbons (Fsp3) is 0.0769. The fourth-order valence-electron chi connectivity index (χ4n) is 1.47. The number of hydrogen-bond donors (Lipinski definition) is 1. The predicted octanol–water partition coefficient (Wildman–Crippen LogP) is 4.81. The van der Waals surface area contributed by atoms with Gasteiger partial charge in [-0.3, -0.25) is 0 Å². The molecule has 94 valence electrons. The molecule has 0 bridgehead atoms. The maximum absolute atomic E-state index is 6.05. The van der Waals surface area contributed by atoms with Gasteiger partial charge >= 0.3 is 0 Å². The van der Waals surface area contributed by atoms with Gasteiger partial charge in [-0.15, -0.1) is 0 Å². The maximum Gasteiger partial charge on any atom is 0.139 e. The van der Waals surface area contributed by atoms with Crippen LogP contribution >= 0.6 is 34.8 Å². The first-order valence-corrected chi connectivity index (χ1v) is 6.32. The van der Waals surface area contributed by atoms with Crippen LogP contribution in [0.15, 0.2) is 36.4 Å². The Hall–Kier alpha value is -1.09. The van der Waals surface area contributed by atoms with E-state index in [1.165, 1.54) is 0 Å². The maximum atomic E-state index is 6.05. The summed E-state index contributed by atoms with van der Waals surface area (Å²) in [6.45, 7) is 0.242. The quantitative estimate of drug-likeness (QED) is 0.826. The number of anilines is 1. The zero-order chi connectivity index (χ0) is 13.1. The number of benzene rings is 2. The molecule has 18 heavy (non-hydrogen) atoms. The summed E-state index contributed by atoms with van der Waals surface area (Å²) in [4.78, 5) is 0. The van der Waals surface area contributed by atoms with E-state index in [0.29, 0.717) is 26.5 Å². The van der Waals surface area contributed by atoms with Gasteiger partial charge < -0.3 is 10.5 Å². The van der Waals surface area contributed by atoms with Gasteiger partial charge in [0.15, 0.2) is 0 Å². The Morgan fingerprint density at radius 1 is 0.944 bits per heavy atom. The van der Waals surface area contributed by atoms with Gasteiger partial charge in [-0.05, 0) is 24.3 Å². The Kier molecular flexibility index (Phi) is 4.23. The van der Waals surface area contributed by atoms with Gasteiger partial charge in [-0.2, -0.15) is 0 Å². The molecular weight excluding hydrogens is 293 g/mol. The second kappa shape index (κ2) is 5.70. The van der Waals surface area contributed by atoms with Crippen LogP contribution in [0.25, 0.3) is 0 Å². The van der Waals surface area contributed by atoms with Crippen molar-refractivity contribution in [1.29, 1.82) is 0 Å². The summed E-state index contributed by atoms with van der Waals surface area (Å²) < 4.78 is 5.58. The lowest BCUT2D eigenvalue weighted by Crippen LogP contribution is -2.01. The number of hydrogen-bond acceptors (Lipinski definition) is 2. The number of nitrogens with two attached hydrogens (primary N) is 1. The van der Waals surface area contributed by atoms with Crippen molar-refractivity contribution in [2.75, 3.05) is 5.73 Å². The summed E-state index contributed by atoms with van der Waals surface area (Å²) in [5, 5.41) is 1.39. The highest BCUT2D eigenvalue weighted by Crippen LogP contribution is 2.33. The zero-order valence-electron chi connectivity index (χ0n) is 9.29. The van der Waals surface area contributed by atoms with Crippen molar-refractivity contribution < 1.29 is 4.74 Å². The Morgan fingerprint density at radius 2 is 1.61 bits per heavy atom. The molecule has 2 nitrogen and oxygen atoms in total. The van der Waals surface area contributed by atoms with E-state index < -0.39 is 0 Å². The molecular formula is C13H10Cl3NO. The molecule has 5 heteroatoms. The first kappa shape index (κ1) is 13.3. The highest BCUT2D eigenvalue weighted by molar-refractivity contribution is 6.42. The Morgan fingerprint density at radius 3 is 2.33 bits per heavy atom. The average Bonchev–Trinajstić information content (AvgIpc) is 2.33. The van der Waals surface area contributed by atoms with Crippen LogP contribution in [0.2, 0.25) is 15.1 Å². The van der Waals surface area contributed by atoms with Crippen LogP contribution in [0.5, 0.6) is 5.75 Å². The van der Waals surface area contributed by atoms with Crippen molar-refractivity contribution in [2.45, 2.75) is 6.61 Å². The third-order valence-corrected chi connectivity index (χ3v) is 3.60. The zero-order valence-corrected chi connectivity index (χ0v) is 11.6. The third kappa shape index (κ3) is 2.83. The van der Waals surface area contributed by atoms with Crippen molar-refractivity contribution >= 4 is 40.5 Å². The van der Waals surface area contributed by atoms with E-state index >= 15 is 0 Å². The molecule has 0 heterocycles. The van der Waals surface area contributed by atoms with Crippen LogP contribution in [0.4, 0.5) is 5.69 Å². The van der Waals surface area contributed by atoms with E-state index in [9.17, 15) is 0 Å². The molecule has 0 aromatic heterocycles. The molecule has 0 aliphatic carbocycles. The number of ether oxygens (including phenoxy) is 1. The monoisotopic (exact) mass is 301 g/mol. The van der Waals surface area contributed by atoms with Crippen LogP contribution in [-0.2, 0) is 6.61 Å². The summed E-state index contributed by atoms with van der Waals surface area (Å²) in [6.07, 6.45) is 0. The van der Waals surface area contributed by atoms with E-state index in [1.807, 2.05) is 0 Å². The standard InChI is InChI=1S/C13H10Cl3NO/c14-9-3-1-5-11(17)8(9)7-18-12-6-2-4-10(15)13(12)16/h1-6H,7,17H2. The normalized spacial score (nSPS) is 10.4. The van der Waals surface area contributed by atoms with Crippen molar-refractivity contribution in [3.8, 4) is 5.75 Å². The molecule has 0 fully saturated rings. The molecule has 0 saturated heterocycles. The Bertz CT molecular complexity index is 552. The number of nitrogen functional groups attached to an aromatic ring is 1. The minimum absolute atomic E-state index is 0.242. The molecule has 2 rings (SSSR count). The lowest BCUT2D eigenvalue weighted by Gasteiger charge is -2.11. The fourth-order valence-corrected chi connectivity index (χ4v) is 2.06. The average molecular weight is 303 g/mol. The van der Waals surface area contributed by atoms with Crippen LogP contribution in [0.3, 0.4) is 0 Å². The van der Waals surface area contributed by atoms with Crippen molar-refractivity contribution in [3.05, 3.63) is 57.0 Å². The van der Waals surface area contributed by atoms with Crippen molar-refractivity contribution in [3.63, 3.8) is 0 Å². The molecule has 0 unspecified atom stereocenters. The Balaban J connectivity index is 2.19. The molecule has 0 aliphatic heterocycles. The van der Waals surface area contributed by atoms with Gasteiger partial charge in [0, 0.05) is 16.3 Å². The summed E-state index contributed by atoms with van der Waals surface area (Å²) in [6, 6.07) is 10.5. The molecule has 0 saturated carbocycles. The molecule has 0 spiro atoms. The largest absolute Gasteiger partial charge is 0.487 e. The lowest BCUT2D eigenvalue weighted by atomic mass is 10.2. The molecule has 2 aromatic carbocycles. The molecule has 0 radical (unpaired) electrons. The minimum atomic E-state index is 0.242. The van der Waals surface area contributed by atoms with Gasteiger partial charge in [0.25, 0.3) is 0 Å². The second-order valence-corrected chi connectivity index (χ2v) is 4.84.